The minimum atomic E-state index is 0.722. The molecular formula is C51H32N4S. The summed E-state index contributed by atoms with van der Waals surface area (Å²) in [6.45, 7) is 2.22. The Morgan fingerprint density at radius 1 is 0.464 bits per heavy atom. The monoisotopic (exact) mass is 732 g/mol. The Morgan fingerprint density at radius 3 is 1.82 bits per heavy atom. The van der Waals surface area contributed by atoms with Gasteiger partial charge in [-0.3, -0.25) is 0 Å². The van der Waals surface area contributed by atoms with Gasteiger partial charge in [0.2, 0.25) is 0 Å². The molecule has 0 radical (unpaired) electrons. The van der Waals surface area contributed by atoms with E-state index < -0.39 is 0 Å². The summed E-state index contributed by atoms with van der Waals surface area (Å²) in [5.74, 6) is 0.722. The lowest BCUT2D eigenvalue weighted by Gasteiger charge is -2.15. The number of fused-ring (bicyclic) bond motifs is 13. The number of thiophene rings is 1. The topological polar surface area (TPSA) is 35.6 Å². The van der Waals surface area contributed by atoms with Gasteiger partial charge in [0.15, 0.2) is 5.82 Å². The Kier molecular flexibility index (Phi) is 6.68. The van der Waals surface area contributed by atoms with Crippen molar-refractivity contribution < 1.29 is 0 Å². The molecule has 5 heteroatoms. The van der Waals surface area contributed by atoms with Gasteiger partial charge in [-0.25, -0.2) is 9.97 Å². The minimum Gasteiger partial charge on any atom is -0.308 e. The van der Waals surface area contributed by atoms with Crippen molar-refractivity contribution in [1.82, 2.24) is 19.1 Å². The molecule has 0 N–H and O–H groups in total. The highest BCUT2D eigenvalue weighted by atomic mass is 32.1. The molecule has 0 amide bonds. The molecule has 8 aromatic carbocycles. The number of benzene rings is 8. The van der Waals surface area contributed by atoms with Crippen molar-refractivity contribution in [2.24, 2.45) is 0 Å². The zero-order valence-electron chi connectivity index (χ0n) is 30.4. The van der Waals surface area contributed by atoms with Crippen LogP contribution in [-0.2, 0) is 0 Å². The first kappa shape index (κ1) is 31.3. The van der Waals surface area contributed by atoms with Crippen LogP contribution in [0.2, 0.25) is 0 Å². The van der Waals surface area contributed by atoms with Crippen LogP contribution < -0.4 is 0 Å². The highest BCUT2D eigenvalue weighted by molar-refractivity contribution is 7.27. The smallest absolute Gasteiger partial charge is 0.160 e. The maximum Gasteiger partial charge on any atom is 0.160 e. The second kappa shape index (κ2) is 12.0. The molecule has 56 heavy (non-hydrogen) atoms. The van der Waals surface area contributed by atoms with Crippen LogP contribution in [0.4, 0.5) is 0 Å². The molecule has 0 aliphatic carbocycles. The van der Waals surface area contributed by atoms with Crippen LogP contribution in [0.15, 0.2) is 176 Å². The number of rotatable bonds is 4. The first-order valence-corrected chi connectivity index (χ1v) is 19.8. The molecule has 12 aromatic rings. The van der Waals surface area contributed by atoms with E-state index >= 15 is 0 Å². The highest BCUT2D eigenvalue weighted by Crippen LogP contribution is 2.51. The molecule has 4 nitrogen and oxygen atoms in total. The van der Waals surface area contributed by atoms with Crippen molar-refractivity contribution in [2.45, 2.75) is 6.92 Å². The maximum absolute atomic E-state index is 5.22. The Hall–Kier alpha value is -7.08. The van der Waals surface area contributed by atoms with E-state index in [1.165, 1.54) is 63.8 Å². The predicted octanol–water partition coefficient (Wildman–Crippen LogP) is 13.8. The van der Waals surface area contributed by atoms with Crippen molar-refractivity contribution in [3.63, 3.8) is 0 Å². The van der Waals surface area contributed by atoms with E-state index in [2.05, 4.69) is 180 Å². The van der Waals surface area contributed by atoms with Crippen LogP contribution >= 0.6 is 11.3 Å². The molecule has 0 aliphatic rings. The average Bonchev–Trinajstić information content (AvgIpc) is 3.92. The molecule has 12 rings (SSSR count). The highest BCUT2D eigenvalue weighted by Gasteiger charge is 2.27. The van der Waals surface area contributed by atoms with Crippen molar-refractivity contribution in [1.29, 1.82) is 0 Å². The third-order valence-corrected chi connectivity index (χ3v) is 12.6. The van der Waals surface area contributed by atoms with Crippen LogP contribution in [-0.4, -0.2) is 19.1 Å². The first-order valence-electron chi connectivity index (χ1n) is 19.0. The lowest BCUT2D eigenvalue weighted by Crippen LogP contribution is -2.00. The van der Waals surface area contributed by atoms with Crippen LogP contribution in [0.3, 0.4) is 0 Å². The SMILES string of the molecule is Cc1cc(-c2nc(-c3ccccc3)c3ccccc3n2)ccc1-n1c2ccccc2c2c3sc4ccccc4c3c3c(c4ccccc4n3-c3ccccc3)c21. The van der Waals surface area contributed by atoms with Crippen LogP contribution in [0.5, 0.6) is 0 Å². The zero-order chi connectivity index (χ0) is 36.9. The Labute approximate surface area is 326 Å². The maximum atomic E-state index is 5.22. The summed E-state index contributed by atoms with van der Waals surface area (Å²) in [6.07, 6.45) is 0. The molecule has 0 aliphatic heterocycles. The van der Waals surface area contributed by atoms with E-state index in [9.17, 15) is 0 Å². The van der Waals surface area contributed by atoms with E-state index in [0.717, 1.165) is 50.5 Å². The lowest BCUT2D eigenvalue weighted by molar-refractivity contribution is 1.15. The number of hydrogen-bond donors (Lipinski definition) is 0. The van der Waals surface area contributed by atoms with Gasteiger partial charge >= 0.3 is 0 Å². The molecule has 0 saturated carbocycles. The molecule has 4 aromatic heterocycles. The summed E-state index contributed by atoms with van der Waals surface area (Å²) in [5.41, 5.74) is 12.3. The standard InChI is InChI=1S/C51H32N4S/c1-31-30-33(51-52-39-24-12-8-20-35(39)47(53-51)32-16-4-2-5-17-32)28-29-40(31)55-42-26-14-10-22-37(42)45-49(55)44-36-21-9-13-25-41(36)54(34-18-6-3-7-19-34)48(44)46-38-23-11-15-27-43(38)56-50(45)46/h2-30H,1H3. The van der Waals surface area contributed by atoms with Gasteiger partial charge in [-0.1, -0.05) is 121 Å². The van der Waals surface area contributed by atoms with Crippen molar-refractivity contribution in [3.05, 3.63) is 181 Å². The van der Waals surface area contributed by atoms with Gasteiger partial charge in [-0.2, -0.15) is 0 Å². The molecule has 4 heterocycles. The summed E-state index contributed by atoms with van der Waals surface area (Å²) >= 11 is 1.90. The van der Waals surface area contributed by atoms with E-state index in [4.69, 9.17) is 9.97 Å². The Bertz CT molecular complexity index is 3540. The summed E-state index contributed by atoms with van der Waals surface area (Å²) in [7, 11) is 0. The Morgan fingerprint density at radius 2 is 1.05 bits per heavy atom. The normalized spacial score (nSPS) is 12.0. The predicted molar refractivity (Wildman–Crippen MR) is 237 cm³/mol. The van der Waals surface area contributed by atoms with E-state index in [0.29, 0.717) is 0 Å². The molecule has 0 atom stereocenters. The molecule has 0 saturated heterocycles. The van der Waals surface area contributed by atoms with Gasteiger partial charge in [0.05, 0.1) is 33.3 Å². The number of hydrogen-bond acceptors (Lipinski definition) is 3. The molecule has 262 valence electrons. The van der Waals surface area contributed by atoms with Gasteiger partial charge in [-0.05, 0) is 67.1 Å². The molecule has 0 bridgehead atoms. The Balaban J connectivity index is 1.20. The van der Waals surface area contributed by atoms with Gasteiger partial charge in [-0.15, -0.1) is 11.3 Å². The number of aryl methyl sites for hydroxylation is 1. The van der Waals surface area contributed by atoms with Gasteiger partial charge in [0.25, 0.3) is 0 Å². The van der Waals surface area contributed by atoms with Crippen LogP contribution in [0, 0.1) is 6.92 Å². The fourth-order valence-corrected chi connectivity index (χ4v) is 10.3. The molecule has 0 spiro atoms. The van der Waals surface area contributed by atoms with E-state index in [-0.39, 0.29) is 0 Å². The molecular weight excluding hydrogens is 701 g/mol. The van der Waals surface area contributed by atoms with Crippen LogP contribution in [0.1, 0.15) is 5.56 Å². The third-order valence-electron chi connectivity index (χ3n) is 11.4. The van der Waals surface area contributed by atoms with E-state index in [1.807, 2.05) is 23.5 Å². The lowest BCUT2D eigenvalue weighted by atomic mass is 10.0. The van der Waals surface area contributed by atoms with Crippen molar-refractivity contribution >= 4 is 86.0 Å². The van der Waals surface area contributed by atoms with Crippen molar-refractivity contribution in [2.75, 3.05) is 0 Å². The molecule has 0 unspecified atom stereocenters. The summed E-state index contributed by atoms with van der Waals surface area (Å²) in [4.78, 5) is 10.3. The first-order chi connectivity index (χ1) is 27.7. The second-order valence-corrected chi connectivity index (χ2v) is 15.6. The second-order valence-electron chi connectivity index (χ2n) is 14.6. The van der Waals surface area contributed by atoms with Gasteiger partial charge < -0.3 is 9.13 Å². The quantitative estimate of drug-likeness (QED) is 0.181. The number of nitrogens with zero attached hydrogens (tertiary/aromatic N) is 4. The average molecular weight is 733 g/mol. The number of para-hydroxylation sites is 4. The zero-order valence-corrected chi connectivity index (χ0v) is 31.3. The molecule has 0 fully saturated rings. The minimum absolute atomic E-state index is 0.722. The fourth-order valence-electron chi connectivity index (χ4n) is 9.04. The van der Waals surface area contributed by atoms with Crippen LogP contribution in [0.25, 0.3) is 109 Å². The summed E-state index contributed by atoms with van der Waals surface area (Å²) in [6, 6.07) is 63.1. The summed E-state index contributed by atoms with van der Waals surface area (Å²) in [5, 5.41) is 8.71. The van der Waals surface area contributed by atoms with E-state index in [1.54, 1.807) is 0 Å². The summed E-state index contributed by atoms with van der Waals surface area (Å²) < 4.78 is 7.62. The largest absolute Gasteiger partial charge is 0.308 e. The van der Waals surface area contributed by atoms with Gasteiger partial charge in [0, 0.05) is 69.6 Å². The van der Waals surface area contributed by atoms with Crippen molar-refractivity contribution in [3.8, 4) is 34.0 Å². The number of aromatic nitrogens is 4. The van der Waals surface area contributed by atoms with Gasteiger partial charge in [0.1, 0.15) is 0 Å². The fraction of sp³-hybridized carbons (Fsp3) is 0.0196. The third kappa shape index (κ3) is 4.40.